The van der Waals surface area contributed by atoms with Crippen LogP contribution >= 0.6 is 0 Å². The molecule has 23 heavy (non-hydrogen) atoms. The van der Waals surface area contributed by atoms with Gasteiger partial charge in [-0.25, -0.2) is 0 Å². The van der Waals surface area contributed by atoms with Crippen LogP contribution in [-0.4, -0.2) is 39.7 Å². The first kappa shape index (κ1) is 15.0. The molecule has 1 aromatic carbocycles. The molecule has 2 heterocycles. The molecule has 0 saturated heterocycles. The van der Waals surface area contributed by atoms with E-state index in [1.54, 1.807) is 24.5 Å². The van der Waals surface area contributed by atoms with Crippen molar-refractivity contribution in [1.29, 1.82) is 0 Å². The predicted octanol–water partition coefficient (Wildman–Crippen LogP) is 0.601. The van der Waals surface area contributed by atoms with Crippen molar-refractivity contribution in [2.75, 3.05) is 18.5 Å². The number of ether oxygens (including phenoxy) is 1. The summed E-state index contributed by atoms with van der Waals surface area (Å²) in [5.74, 6) is 0.942. The molecular formula is C15H17N5O3. The van der Waals surface area contributed by atoms with Crippen LogP contribution in [0.1, 0.15) is 23.1 Å². The second kappa shape index (κ2) is 6.47. The van der Waals surface area contributed by atoms with Gasteiger partial charge >= 0.3 is 0 Å². The van der Waals surface area contributed by atoms with Gasteiger partial charge in [-0.3, -0.25) is 9.59 Å². The number of nitrogens with zero attached hydrogens (tertiary/aromatic N) is 3. The van der Waals surface area contributed by atoms with Crippen LogP contribution in [0.5, 0.6) is 5.75 Å². The van der Waals surface area contributed by atoms with E-state index in [-0.39, 0.29) is 18.4 Å². The van der Waals surface area contributed by atoms with Crippen LogP contribution in [0, 0.1) is 0 Å². The van der Waals surface area contributed by atoms with Crippen molar-refractivity contribution in [3.8, 4) is 5.75 Å². The highest BCUT2D eigenvalue weighted by Crippen LogP contribution is 2.28. The lowest BCUT2D eigenvalue weighted by molar-refractivity contribution is -0.118. The highest BCUT2D eigenvalue weighted by molar-refractivity contribution is 5.98. The second-order valence-corrected chi connectivity index (χ2v) is 5.09. The Morgan fingerprint density at radius 1 is 1.48 bits per heavy atom. The fourth-order valence-electron chi connectivity index (χ4n) is 2.34. The van der Waals surface area contributed by atoms with E-state index in [4.69, 9.17) is 4.74 Å². The Morgan fingerprint density at radius 2 is 2.35 bits per heavy atom. The first-order valence-corrected chi connectivity index (χ1v) is 7.39. The highest BCUT2D eigenvalue weighted by Gasteiger charge is 2.17. The van der Waals surface area contributed by atoms with Crippen LogP contribution in [0.3, 0.4) is 0 Å². The van der Waals surface area contributed by atoms with Gasteiger partial charge in [0.25, 0.3) is 11.8 Å². The highest BCUT2D eigenvalue weighted by atomic mass is 16.5. The largest absolute Gasteiger partial charge is 0.482 e. The normalized spacial score (nSPS) is 13.0. The molecule has 2 aromatic rings. The number of amides is 2. The number of carbonyl (C=O) groups is 2. The van der Waals surface area contributed by atoms with Crippen molar-refractivity contribution in [3.05, 3.63) is 35.9 Å². The van der Waals surface area contributed by atoms with Crippen molar-refractivity contribution in [2.45, 2.75) is 19.9 Å². The number of carbonyl (C=O) groups excluding carboxylic acids is 2. The molecule has 1 aliphatic rings. The number of rotatable bonds is 5. The van der Waals surface area contributed by atoms with Gasteiger partial charge in [-0.05, 0) is 25.1 Å². The van der Waals surface area contributed by atoms with Gasteiger partial charge in [-0.2, -0.15) is 0 Å². The molecule has 8 nitrogen and oxygen atoms in total. The molecule has 2 amide bonds. The Bertz CT molecular complexity index is 740. The Hall–Kier alpha value is -2.90. The third kappa shape index (κ3) is 3.31. The molecule has 3 rings (SSSR count). The smallest absolute Gasteiger partial charge is 0.262 e. The van der Waals surface area contributed by atoms with E-state index in [9.17, 15) is 9.59 Å². The first-order chi connectivity index (χ1) is 11.2. The van der Waals surface area contributed by atoms with Crippen LogP contribution in [-0.2, 0) is 17.8 Å². The van der Waals surface area contributed by atoms with Crippen molar-refractivity contribution in [3.63, 3.8) is 0 Å². The Kier molecular flexibility index (Phi) is 4.22. The SMILES string of the molecule is CCn1cnnc1CCNC(=O)c1ccc2c(c1)OCC(=O)N2. The Balaban J connectivity index is 1.59. The first-order valence-electron chi connectivity index (χ1n) is 7.39. The van der Waals surface area contributed by atoms with E-state index in [1.807, 2.05) is 11.5 Å². The number of hydrogen-bond donors (Lipinski definition) is 2. The van der Waals surface area contributed by atoms with Crippen LogP contribution in [0.25, 0.3) is 0 Å². The maximum absolute atomic E-state index is 12.2. The van der Waals surface area contributed by atoms with E-state index >= 15 is 0 Å². The van der Waals surface area contributed by atoms with Crippen molar-refractivity contribution in [1.82, 2.24) is 20.1 Å². The van der Waals surface area contributed by atoms with E-state index in [0.29, 0.717) is 30.0 Å². The molecule has 0 bridgehead atoms. The molecule has 120 valence electrons. The zero-order valence-electron chi connectivity index (χ0n) is 12.7. The van der Waals surface area contributed by atoms with Gasteiger partial charge in [0, 0.05) is 25.1 Å². The van der Waals surface area contributed by atoms with Crippen molar-refractivity contribution >= 4 is 17.5 Å². The van der Waals surface area contributed by atoms with Gasteiger partial charge in [-0.1, -0.05) is 0 Å². The molecule has 0 saturated carbocycles. The minimum Gasteiger partial charge on any atom is -0.482 e. The average molecular weight is 315 g/mol. The number of aryl methyl sites for hydroxylation is 1. The Labute approximate surface area is 132 Å². The molecule has 0 atom stereocenters. The summed E-state index contributed by atoms with van der Waals surface area (Å²) in [4.78, 5) is 23.4. The van der Waals surface area contributed by atoms with E-state index < -0.39 is 0 Å². The van der Waals surface area contributed by atoms with Crippen LogP contribution < -0.4 is 15.4 Å². The van der Waals surface area contributed by atoms with Crippen molar-refractivity contribution in [2.24, 2.45) is 0 Å². The lowest BCUT2D eigenvalue weighted by Gasteiger charge is -2.18. The summed E-state index contributed by atoms with van der Waals surface area (Å²) in [5, 5.41) is 13.4. The number of nitrogens with one attached hydrogen (secondary N) is 2. The van der Waals surface area contributed by atoms with E-state index in [1.165, 1.54) is 0 Å². The summed E-state index contributed by atoms with van der Waals surface area (Å²) >= 11 is 0. The molecule has 0 aliphatic carbocycles. The van der Waals surface area contributed by atoms with E-state index in [2.05, 4.69) is 20.8 Å². The van der Waals surface area contributed by atoms with Gasteiger partial charge in [0.05, 0.1) is 5.69 Å². The van der Waals surface area contributed by atoms with Gasteiger partial charge in [0.2, 0.25) is 0 Å². The number of fused-ring (bicyclic) bond motifs is 1. The minimum absolute atomic E-state index is 0.0370. The number of benzene rings is 1. The van der Waals surface area contributed by atoms with Crippen LogP contribution in [0.4, 0.5) is 5.69 Å². The molecule has 0 unspecified atom stereocenters. The third-order valence-electron chi connectivity index (χ3n) is 3.55. The topological polar surface area (TPSA) is 98.1 Å². The second-order valence-electron chi connectivity index (χ2n) is 5.09. The summed E-state index contributed by atoms with van der Waals surface area (Å²) in [6.45, 7) is 3.23. The molecule has 0 radical (unpaired) electrons. The lowest BCUT2D eigenvalue weighted by atomic mass is 10.1. The van der Waals surface area contributed by atoms with Crippen molar-refractivity contribution < 1.29 is 14.3 Å². The summed E-state index contributed by atoms with van der Waals surface area (Å²) in [6.07, 6.45) is 2.28. The maximum atomic E-state index is 12.2. The molecular weight excluding hydrogens is 298 g/mol. The molecule has 1 aliphatic heterocycles. The number of anilines is 1. The molecule has 8 heteroatoms. The summed E-state index contributed by atoms with van der Waals surface area (Å²) in [6, 6.07) is 4.94. The fourth-order valence-corrected chi connectivity index (χ4v) is 2.34. The van der Waals surface area contributed by atoms with Gasteiger partial charge in [-0.15, -0.1) is 10.2 Å². The predicted molar refractivity (Wildman–Crippen MR) is 82.3 cm³/mol. The monoisotopic (exact) mass is 315 g/mol. The summed E-state index contributed by atoms with van der Waals surface area (Å²) < 4.78 is 7.24. The van der Waals surface area contributed by atoms with Crippen LogP contribution in [0.2, 0.25) is 0 Å². The Morgan fingerprint density at radius 3 is 3.17 bits per heavy atom. The fraction of sp³-hybridized carbons (Fsp3) is 0.333. The molecule has 2 N–H and O–H groups in total. The van der Waals surface area contributed by atoms with Gasteiger partial charge in [0.15, 0.2) is 6.61 Å². The molecule has 0 fully saturated rings. The van der Waals surface area contributed by atoms with Crippen LogP contribution in [0.15, 0.2) is 24.5 Å². The quantitative estimate of drug-likeness (QED) is 0.842. The number of aromatic nitrogens is 3. The lowest BCUT2D eigenvalue weighted by Crippen LogP contribution is -2.28. The molecule has 0 spiro atoms. The number of hydrogen-bond acceptors (Lipinski definition) is 5. The maximum Gasteiger partial charge on any atom is 0.262 e. The zero-order chi connectivity index (χ0) is 16.2. The standard InChI is InChI=1S/C15H17N5O3/c1-2-20-9-17-19-13(20)5-6-16-15(22)10-3-4-11-12(7-10)23-8-14(21)18-11/h3-4,7,9H,2,5-6,8H2,1H3,(H,16,22)(H,18,21). The minimum atomic E-state index is -0.199. The van der Waals surface area contributed by atoms with Gasteiger partial charge < -0.3 is 19.9 Å². The third-order valence-corrected chi connectivity index (χ3v) is 3.55. The van der Waals surface area contributed by atoms with E-state index in [0.717, 1.165) is 12.4 Å². The summed E-state index contributed by atoms with van der Waals surface area (Å²) in [7, 11) is 0. The van der Waals surface area contributed by atoms with Gasteiger partial charge in [0.1, 0.15) is 17.9 Å². The average Bonchev–Trinajstić information content (AvgIpc) is 3.01. The summed E-state index contributed by atoms with van der Waals surface area (Å²) in [5.41, 5.74) is 1.06. The molecule has 1 aromatic heterocycles. The zero-order valence-corrected chi connectivity index (χ0v) is 12.7.